The zero-order chi connectivity index (χ0) is 20.1. The van der Waals surface area contributed by atoms with Crippen LogP contribution in [0.3, 0.4) is 0 Å². The summed E-state index contributed by atoms with van der Waals surface area (Å²) >= 11 is 1.35. The zero-order valence-electron chi connectivity index (χ0n) is 16.0. The molecule has 0 unspecified atom stereocenters. The molecule has 0 saturated carbocycles. The number of carbonyl (C=O) groups excluding carboxylic acids is 1. The van der Waals surface area contributed by atoms with Crippen LogP contribution < -0.4 is 4.90 Å². The minimum absolute atomic E-state index is 0.0455. The van der Waals surface area contributed by atoms with Crippen LogP contribution in [-0.2, 0) is 17.6 Å². The average molecular weight is 400 g/mol. The highest BCUT2D eigenvalue weighted by molar-refractivity contribution is 8.00. The van der Waals surface area contributed by atoms with Crippen molar-refractivity contribution in [3.8, 4) is 6.07 Å². The first-order valence-corrected chi connectivity index (χ1v) is 10.7. The van der Waals surface area contributed by atoms with Crippen molar-refractivity contribution in [3.63, 3.8) is 0 Å². The van der Waals surface area contributed by atoms with E-state index in [0.29, 0.717) is 10.6 Å². The van der Waals surface area contributed by atoms with E-state index in [0.717, 1.165) is 42.8 Å². The van der Waals surface area contributed by atoms with Crippen LogP contribution in [0.1, 0.15) is 29.7 Å². The quantitative estimate of drug-likeness (QED) is 0.547. The largest absolute Gasteiger partial charge is 0.280 e. The molecule has 0 fully saturated rings. The first-order chi connectivity index (χ1) is 14.3. The van der Waals surface area contributed by atoms with E-state index in [1.807, 2.05) is 66.7 Å². The molecule has 29 heavy (non-hydrogen) atoms. The van der Waals surface area contributed by atoms with Gasteiger partial charge >= 0.3 is 0 Å². The molecule has 1 aliphatic carbocycles. The highest BCUT2D eigenvalue weighted by atomic mass is 32.2. The molecule has 2 aromatic carbocycles. The topological polar surface area (TPSA) is 57.0 Å². The zero-order valence-corrected chi connectivity index (χ0v) is 16.9. The maximum atomic E-state index is 13.2. The van der Waals surface area contributed by atoms with Crippen LogP contribution in [0.15, 0.2) is 71.8 Å². The van der Waals surface area contributed by atoms with Gasteiger partial charge in [-0.1, -0.05) is 48.2 Å². The van der Waals surface area contributed by atoms with Crippen molar-refractivity contribution in [1.82, 2.24) is 4.98 Å². The van der Waals surface area contributed by atoms with Gasteiger partial charge in [0, 0.05) is 17.1 Å². The fourth-order valence-electron chi connectivity index (χ4n) is 3.59. The van der Waals surface area contributed by atoms with Gasteiger partial charge in [0.05, 0.1) is 11.3 Å². The normalized spacial score (nSPS) is 12.7. The van der Waals surface area contributed by atoms with E-state index in [9.17, 15) is 10.1 Å². The van der Waals surface area contributed by atoms with E-state index in [1.165, 1.54) is 17.3 Å². The van der Waals surface area contributed by atoms with E-state index in [-0.39, 0.29) is 11.7 Å². The molecule has 5 heteroatoms. The van der Waals surface area contributed by atoms with Crippen molar-refractivity contribution >= 4 is 29.0 Å². The number of carbonyl (C=O) groups is 1. The molecule has 0 radical (unpaired) electrons. The summed E-state index contributed by atoms with van der Waals surface area (Å²) in [6.45, 7) is 0. The highest BCUT2D eigenvalue weighted by Gasteiger charge is 2.20. The summed E-state index contributed by atoms with van der Waals surface area (Å²) in [5.41, 5.74) is 4.47. The van der Waals surface area contributed by atoms with Gasteiger partial charge < -0.3 is 0 Å². The smallest absolute Gasteiger partial charge is 0.241 e. The van der Waals surface area contributed by atoms with Crippen LogP contribution in [0.2, 0.25) is 0 Å². The van der Waals surface area contributed by atoms with Crippen molar-refractivity contribution in [2.75, 3.05) is 10.7 Å². The number of nitrogens with zero attached hydrogens (tertiary/aromatic N) is 3. The van der Waals surface area contributed by atoms with Crippen molar-refractivity contribution in [3.05, 3.63) is 83.6 Å². The third-order valence-electron chi connectivity index (χ3n) is 5.00. The molecule has 4 nitrogen and oxygen atoms in total. The molecule has 0 aliphatic heterocycles. The van der Waals surface area contributed by atoms with Gasteiger partial charge in [-0.2, -0.15) is 5.26 Å². The predicted octanol–water partition coefficient (Wildman–Crippen LogP) is 5.29. The highest BCUT2D eigenvalue weighted by Crippen LogP contribution is 2.30. The molecule has 0 N–H and O–H groups in total. The number of benzene rings is 2. The Labute approximate surface area is 175 Å². The van der Waals surface area contributed by atoms with Crippen molar-refractivity contribution in [2.24, 2.45) is 0 Å². The molecule has 1 heterocycles. The molecule has 1 aliphatic rings. The SMILES string of the molecule is N#Cc1cc2c(nc1SCC(=O)N(c1ccccc1)c1ccccc1)CCCC2. The van der Waals surface area contributed by atoms with Crippen molar-refractivity contribution in [1.29, 1.82) is 5.26 Å². The maximum absolute atomic E-state index is 13.2. The number of hydrogen-bond acceptors (Lipinski definition) is 4. The number of pyridine rings is 1. The van der Waals surface area contributed by atoms with E-state index >= 15 is 0 Å². The number of thioether (sulfide) groups is 1. The average Bonchev–Trinajstić information content (AvgIpc) is 2.78. The molecule has 0 spiro atoms. The van der Waals surface area contributed by atoms with Crippen LogP contribution in [0.4, 0.5) is 11.4 Å². The summed E-state index contributed by atoms with van der Waals surface area (Å²) in [7, 11) is 0. The van der Waals surface area contributed by atoms with Gasteiger partial charge in [0.15, 0.2) is 0 Å². The molecule has 4 rings (SSSR count). The molecular formula is C24H21N3OS. The summed E-state index contributed by atoms with van der Waals surface area (Å²) in [5, 5.41) is 10.2. The van der Waals surface area contributed by atoms with Gasteiger partial charge in [-0.25, -0.2) is 4.98 Å². The maximum Gasteiger partial charge on any atom is 0.241 e. The monoisotopic (exact) mass is 399 g/mol. The van der Waals surface area contributed by atoms with Crippen LogP contribution >= 0.6 is 11.8 Å². The fourth-order valence-corrected chi connectivity index (χ4v) is 4.41. The number of para-hydroxylation sites is 2. The molecular weight excluding hydrogens is 378 g/mol. The van der Waals surface area contributed by atoms with Crippen molar-refractivity contribution in [2.45, 2.75) is 30.7 Å². The minimum atomic E-state index is -0.0455. The Hall–Kier alpha value is -3.10. The molecule has 0 atom stereocenters. The number of rotatable bonds is 5. The predicted molar refractivity (Wildman–Crippen MR) is 116 cm³/mol. The number of aromatic nitrogens is 1. The lowest BCUT2D eigenvalue weighted by Gasteiger charge is -2.23. The standard InChI is InChI=1S/C24H21N3OS/c25-16-19-15-18-9-7-8-14-22(18)26-24(19)29-17-23(28)27(20-10-3-1-4-11-20)21-12-5-2-6-13-21/h1-6,10-13,15H,7-9,14,17H2. The Kier molecular flexibility index (Phi) is 5.92. The van der Waals surface area contributed by atoms with Gasteiger partial charge in [-0.15, -0.1) is 0 Å². The Morgan fingerprint density at radius 3 is 2.24 bits per heavy atom. The number of nitriles is 1. The summed E-state index contributed by atoms with van der Waals surface area (Å²) in [5.74, 6) is 0.167. The lowest BCUT2D eigenvalue weighted by molar-refractivity contribution is -0.115. The van der Waals surface area contributed by atoms with Gasteiger partial charge in [0.1, 0.15) is 11.1 Å². The lowest BCUT2D eigenvalue weighted by atomic mass is 9.95. The second-order valence-electron chi connectivity index (χ2n) is 6.95. The second-order valence-corrected chi connectivity index (χ2v) is 7.92. The van der Waals surface area contributed by atoms with Crippen LogP contribution in [0, 0.1) is 11.3 Å². The van der Waals surface area contributed by atoms with E-state index in [1.54, 1.807) is 4.90 Å². The van der Waals surface area contributed by atoms with Gasteiger partial charge in [-0.05, 0) is 61.6 Å². The second kappa shape index (κ2) is 8.93. The molecule has 1 amide bonds. The van der Waals surface area contributed by atoms with Gasteiger partial charge in [0.25, 0.3) is 0 Å². The third kappa shape index (κ3) is 4.33. The molecule has 3 aromatic rings. The number of fused-ring (bicyclic) bond motifs is 1. The summed E-state index contributed by atoms with van der Waals surface area (Å²) in [6.07, 6.45) is 4.21. The number of aryl methyl sites for hydroxylation is 2. The summed E-state index contributed by atoms with van der Waals surface area (Å²) in [4.78, 5) is 19.7. The van der Waals surface area contributed by atoms with Crippen LogP contribution in [0.5, 0.6) is 0 Å². The Bertz CT molecular complexity index is 1010. The minimum Gasteiger partial charge on any atom is -0.280 e. The van der Waals surface area contributed by atoms with E-state index in [4.69, 9.17) is 4.98 Å². The Morgan fingerprint density at radius 2 is 1.62 bits per heavy atom. The van der Waals surface area contributed by atoms with E-state index < -0.39 is 0 Å². The van der Waals surface area contributed by atoms with Crippen LogP contribution in [-0.4, -0.2) is 16.6 Å². The first-order valence-electron chi connectivity index (χ1n) is 9.75. The van der Waals surface area contributed by atoms with E-state index in [2.05, 4.69) is 6.07 Å². The van der Waals surface area contributed by atoms with Gasteiger partial charge in [-0.3, -0.25) is 9.69 Å². The van der Waals surface area contributed by atoms with Crippen LogP contribution in [0.25, 0.3) is 0 Å². The molecule has 144 valence electrons. The number of amides is 1. The van der Waals surface area contributed by atoms with Crippen molar-refractivity contribution < 1.29 is 4.79 Å². The summed E-state index contributed by atoms with van der Waals surface area (Å²) in [6, 6.07) is 23.5. The number of hydrogen-bond donors (Lipinski definition) is 0. The first kappa shape index (κ1) is 19.2. The number of anilines is 2. The molecule has 1 aromatic heterocycles. The molecule has 0 saturated heterocycles. The third-order valence-corrected chi connectivity index (χ3v) is 5.97. The van der Waals surface area contributed by atoms with Gasteiger partial charge in [0.2, 0.25) is 5.91 Å². The Balaban J connectivity index is 1.58. The lowest BCUT2D eigenvalue weighted by Crippen LogP contribution is -2.27. The Morgan fingerprint density at radius 1 is 1.00 bits per heavy atom. The fraction of sp³-hybridized carbons (Fsp3) is 0.208. The molecule has 0 bridgehead atoms. The summed E-state index contributed by atoms with van der Waals surface area (Å²) < 4.78 is 0.